The maximum absolute atomic E-state index is 5.91. The van der Waals surface area contributed by atoms with E-state index in [-0.39, 0.29) is 0 Å². The normalized spacial score (nSPS) is 19.2. The lowest BCUT2D eigenvalue weighted by atomic mass is 10.0. The minimum atomic E-state index is 0.328. The highest BCUT2D eigenvalue weighted by molar-refractivity contribution is 5.92. The highest BCUT2D eigenvalue weighted by atomic mass is 15.1. The van der Waals surface area contributed by atoms with Crippen molar-refractivity contribution in [2.24, 2.45) is 16.6 Å². The van der Waals surface area contributed by atoms with E-state index >= 15 is 0 Å². The number of hydrogen-bond donors (Lipinski definition) is 2. The second-order valence-electron chi connectivity index (χ2n) is 4.79. The second-order valence-corrected chi connectivity index (χ2v) is 4.79. The van der Waals surface area contributed by atoms with Crippen LogP contribution in [-0.4, -0.2) is 12.0 Å². The molecule has 1 aromatic rings. The number of para-hydroxylation sites is 1. The zero-order valence-corrected chi connectivity index (χ0v) is 10.4. The molecule has 0 spiro atoms. The first-order valence-corrected chi connectivity index (χ1v) is 6.41. The van der Waals surface area contributed by atoms with Gasteiger partial charge in [-0.1, -0.05) is 31.0 Å². The number of nitrogens with two attached hydrogens (primary N) is 1. The molecule has 1 aliphatic carbocycles. The van der Waals surface area contributed by atoms with Gasteiger partial charge in [-0.05, 0) is 37.8 Å². The third-order valence-electron chi connectivity index (χ3n) is 3.47. The Labute approximate surface area is 103 Å². The molecule has 1 saturated carbocycles. The summed E-state index contributed by atoms with van der Waals surface area (Å²) in [6.45, 7) is 2.16. The van der Waals surface area contributed by atoms with Gasteiger partial charge in [-0.25, -0.2) is 4.99 Å². The lowest BCUT2D eigenvalue weighted by Gasteiger charge is -2.15. The molecular weight excluding hydrogens is 210 g/mol. The van der Waals surface area contributed by atoms with Gasteiger partial charge in [0.05, 0.1) is 6.04 Å². The third-order valence-corrected chi connectivity index (χ3v) is 3.47. The summed E-state index contributed by atoms with van der Waals surface area (Å²) in [4.78, 5) is 4.54. The van der Waals surface area contributed by atoms with Crippen LogP contribution in [0.2, 0.25) is 0 Å². The van der Waals surface area contributed by atoms with Crippen LogP contribution in [0, 0.1) is 5.92 Å². The van der Waals surface area contributed by atoms with Gasteiger partial charge >= 0.3 is 0 Å². The van der Waals surface area contributed by atoms with Crippen molar-refractivity contribution in [1.29, 1.82) is 0 Å². The van der Waals surface area contributed by atoms with Crippen LogP contribution in [0.3, 0.4) is 0 Å². The van der Waals surface area contributed by atoms with Crippen molar-refractivity contribution < 1.29 is 0 Å². The molecule has 92 valence electrons. The number of guanidine groups is 1. The van der Waals surface area contributed by atoms with Gasteiger partial charge in [0.15, 0.2) is 5.96 Å². The Balaban J connectivity index is 1.92. The SMILES string of the molecule is CC(N=C(N)Nc1ccccc1)C1CCCC1. The second kappa shape index (κ2) is 5.71. The Kier molecular flexibility index (Phi) is 4.02. The van der Waals surface area contributed by atoms with Crippen LogP contribution in [-0.2, 0) is 0 Å². The predicted molar refractivity (Wildman–Crippen MR) is 73.1 cm³/mol. The standard InChI is InChI=1S/C14H21N3/c1-11(12-7-5-6-8-12)16-14(15)17-13-9-3-2-4-10-13/h2-4,9-12H,5-8H2,1H3,(H3,15,16,17). The first-order valence-electron chi connectivity index (χ1n) is 6.41. The molecule has 1 aromatic carbocycles. The van der Waals surface area contributed by atoms with Crippen molar-refractivity contribution in [2.75, 3.05) is 5.32 Å². The smallest absolute Gasteiger partial charge is 0.193 e. The Hall–Kier alpha value is -1.51. The fraction of sp³-hybridized carbons (Fsp3) is 0.500. The first kappa shape index (κ1) is 12.0. The Bertz CT molecular complexity index is 366. The average molecular weight is 231 g/mol. The van der Waals surface area contributed by atoms with E-state index in [2.05, 4.69) is 17.2 Å². The van der Waals surface area contributed by atoms with Crippen molar-refractivity contribution in [3.63, 3.8) is 0 Å². The number of benzene rings is 1. The minimum Gasteiger partial charge on any atom is -0.370 e. The molecule has 1 aliphatic rings. The van der Waals surface area contributed by atoms with Gasteiger partial charge in [0.25, 0.3) is 0 Å². The van der Waals surface area contributed by atoms with E-state index in [0.29, 0.717) is 17.9 Å². The van der Waals surface area contributed by atoms with Crippen molar-refractivity contribution in [1.82, 2.24) is 0 Å². The lowest BCUT2D eigenvalue weighted by Crippen LogP contribution is -2.26. The molecule has 0 radical (unpaired) electrons. The summed E-state index contributed by atoms with van der Waals surface area (Å²) < 4.78 is 0. The molecule has 0 bridgehead atoms. The fourth-order valence-electron chi connectivity index (χ4n) is 2.47. The maximum atomic E-state index is 5.91. The van der Waals surface area contributed by atoms with E-state index in [1.165, 1.54) is 25.7 Å². The zero-order chi connectivity index (χ0) is 12.1. The van der Waals surface area contributed by atoms with E-state index in [4.69, 9.17) is 5.73 Å². The van der Waals surface area contributed by atoms with Crippen molar-refractivity contribution in [3.8, 4) is 0 Å². The van der Waals surface area contributed by atoms with E-state index in [1.54, 1.807) is 0 Å². The molecule has 1 unspecified atom stereocenters. The van der Waals surface area contributed by atoms with Gasteiger partial charge in [0, 0.05) is 5.69 Å². The minimum absolute atomic E-state index is 0.328. The molecule has 1 fully saturated rings. The van der Waals surface area contributed by atoms with E-state index in [0.717, 1.165) is 5.69 Å². The molecule has 17 heavy (non-hydrogen) atoms. The monoisotopic (exact) mass is 231 g/mol. The lowest BCUT2D eigenvalue weighted by molar-refractivity contribution is 0.460. The quantitative estimate of drug-likeness (QED) is 0.620. The molecule has 0 saturated heterocycles. The van der Waals surface area contributed by atoms with Crippen LogP contribution in [0.25, 0.3) is 0 Å². The van der Waals surface area contributed by atoms with Crippen LogP contribution < -0.4 is 11.1 Å². The fourth-order valence-corrected chi connectivity index (χ4v) is 2.47. The molecule has 3 heteroatoms. The average Bonchev–Trinajstić information content (AvgIpc) is 2.83. The molecular formula is C14H21N3. The molecule has 1 atom stereocenters. The highest BCUT2D eigenvalue weighted by Gasteiger charge is 2.21. The topological polar surface area (TPSA) is 50.4 Å². The molecule has 3 nitrogen and oxygen atoms in total. The number of anilines is 1. The van der Waals surface area contributed by atoms with Gasteiger partial charge < -0.3 is 11.1 Å². The van der Waals surface area contributed by atoms with E-state index in [1.807, 2.05) is 30.3 Å². The number of nitrogens with zero attached hydrogens (tertiary/aromatic N) is 1. The van der Waals surface area contributed by atoms with Crippen molar-refractivity contribution in [3.05, 3.63) is 30.3 Å². The zero-order valence-electron chi connectivity index (χ0n) is 10.4. The van der Waals surface area contributed by atoms with Crippen molar-refractivity contribution >= 4 is 11.6 Å². The van der Waals surface area contributed by atoms with Gasteiger partial charge in [0.1, 0.15) is 0 Å². The van der Waals surface area contributed by atoms with Gasteiger partial charge in [-0.15, -0.1) is 0 Å². The number of nitrogens with one attached hydrogen (secondary N) is 1. The van der Waals surface area contributed by atoms with E-state index < -0.39 is 0 Å². The van der Waals surface area contributed by atoms with Gasteiger partial charge in [-0.3, -0.25) is 0 Å². The molecule has 3 N–H and O–H groups in total. The molecule has 0 amide bonds. The Morgan fingerprint density at radius 3 is 2.59 bits per heavy atom. The third kappa shape index (κ3) is 3.48. The summed E-state index contributed by atoms with van der Waals surface area (Å²) in [5.74, 6) is 1.24. The molecule has 0 heterocycles. The number of aliphatic imine (C=N–C) groups is 1. The van der Waals surface area contributed by atoms with Crippen LogP contribution >= 0.6 is 0 Å². The van der Waals surface area contributed by atoms with Crippen LogP contribution in [0.5, 0.6) is 0 Å². The highest BCUT2D eigenvalue weighted by Crippen LogP contribution is 2.28. The molecule has 2 rings (SSSR count). The number of hydrogen-bond acceptors (Lipinski definition) is 1. The summed E-state index contributed by atoms with van der Waals surface area (Å²) >= 11 is 0. The Morgan fingerprint density at radius 2 is 1.94 bits per heavy atom. The van der Waals surface area contributed by atoms with Gasteiger partial charge in [0.2, 0.25) is 0 Å². The Morgan fingerprint density at radius 1 is 1.29 bits per heavy atom. The largest absolute Gasteiger partial charge is 0.370 e. The number of rotatable bonds is 3. The summed E-state index contributed by atoms with van der Waals surface area (Å²) in [5.41, 5.74) is 6.91. The first-order chi connectivity index (χ1) is 8.25. The van der Waals surface area contributed by atoms with Crippen molar-refractivity contribution in [2.45, 2.75) is 38.6 Å². The molecule has 0 aliphatic heterocycles. The summed E-state index contributed by atoms with van der Waals surface area (Å²) in [7, 11) is 0. The summed E-state index contributed by atoms with van der Waals surface area (Å²) in [6, 6.07) is 10.3. The summed E-state index contributed by atoms with van der Waals surface area (Å²) in [6.07, 6.45) is 5.28. The van der Waals surface area contributed by atoms with Gasteiger partial charge in [-0.2, -0.15) is 0 Å². The molecule has 0 aromatic heterocycles. The van der Waals surface area contributed by atoms with Crippen LogP contribution in [0.15, 0.2) is 35.3 Å². The van der Waals surface area contributed by atoms with Crippen LogP contribution in [0.4, 0.5) is 5.69 Å². The van der Waals surface area contributed by atoms with E-state index in [9.17, 15) is 0 Å². The predicted octanol–water partition coefficient (Wildman–Crippen LogP) is 2.99. The van der Waals surface area contributed by atoms with Crippen LogP contribution in [0.1, 0.15) is 32.6 Å². The summed E-state index contributed by atoms with van der Waals surface area (Å²) in [5, 5.41) is 3.12. The maximum Gasteiger partial charge on any atom is 0.193 e.